The molecule has 4 heteroatoms. The molecular formula is C19H18O4. The Morgan fingerprint density at radius 1 is 0.913 bits per heavy atom. The van der Waals surface area contributed by atoms with Gasteiger partial charge in [0, 0.05) is 6.08 Å². The molecule has 0 fully saturated rings. The molecule has 0 amide bonds. The summed E-state index contributed by atoms with van der Waals surface area (Å²) in [4.78, 5) is 19.8. The normalized spacial score (nSPS) is 10.1. The minimum Gasteiger partial charge on any atom is -0.483 e. The lowest BCUT2D eigenvalue weighted by Gasteiger charge is -1.97. The highest BCUT2D eigenvalue weighted by molar-refractivity contribution is 5.87. The monoisotopic (exact) mass is 310 g/mol. The van der Waals surface area contributed by atoms with E-state index in [2.05, 4.69) is 0 Å². The average Bonchev–Trinajstić information content (AvgIpc) is 2.59. The Hall–Kier alpha value is -3.14. The molecule has 0 atom stereocenters. The smallest absolute Gasteiger partial charge is 0.331 e. The summed E-state index contributed by atoms with van der Waals surface area (Å²) in [5.74, 6) is -0.341. The van der Waals surface area contributed by atoms with Gasteiger partial charge in [-0.05, 0) is 23.3 Å². The molecule has 0 bridgehead atoms. The van der Waals surface area contributed by atoms with Gasteiger partial charge in [0.15, 0.2) is 0 Å². The Kier molecular flexibility index (Phi) is 8.96. The third-order valence-electron chi connectivity index (χ3n) is 2.64. The van der Waals surface area contributed by atoms with Crippen molar-refractivity contribution in [3.8, 4) is 0 Å². The summed E-state index contributed by atoms with van der Waals surface area (Å²) in [6.07, 6.45) is 6.92. The van der Waals surface area contributed by atoms with Gasteiger partial charge in [-0.2, -0.15) is 0 Å². The number of benzene rings is 2. The van der Waals surface area contributed by atoms with Gasteiger partial charge in [0.2, 0.25) is 0 Å². The van der Waals surface area contributed by atoms with Crippen molar-refractivity contribution in [1.82, 2.24) is 0 Å². The minimum absolute atomic E-state index is 0.250. The summed E-state index contributed by atoms with van der Waals surface area (Å²) in [7, 11) is 0. The van der Waals surface area contributed by atoms with Crippen LogP contribution in [-0.4, -0.2) is 24.2 Å². The highest BCUT2D eigenvalue weighted by atomic mass is 16.5. The van der Waals surface area contributed by atoms with Crippen LogP contribution in [0.25, 0.3) is 12.2 Å². The predicted octanol–water partition coefficient (Wildman–Crippen LogP) is 3.66. The zero-order valence-corrected chi connectivity index (χ0v) is 12.5. The molecule has 0 aliphatic rings. The van der Waals surface area contributed by atoms with E-state index in [0.717, 1.165) is 11.1 Å². The van der Waals surface area contributed by atoms with Crippen LogP contribution < -0.4 is 0 Å². The van der Waals surface area contributed by atoms with E-state index in [4.69, 9.17) is 14.6 Å². The summed E-state index contributed by atoms with van der Waals surface area (Å²) in [6, 6.07) is 19.5. The molecule has 118 valence electrons. The fourth-order valence-corrected chi connectivity index (χ4v) is 1.66. The third kappa shape index (κ3) is 8.67. The SMILES string of the molecule is O=C(C=Cc1ccccc1)OCC=Cc1ccccc1.O=CO. The first-order chi connectivity index (χ1) is 11.3. The molecule has 2 aromatic rings. The maximum atomic E-state index is 11.5. The second-order valence-corrected chi connectivity index (χ2v) is 4.29. The first kappa shape index (κ1) is 17.9. The predicted molar refractivity (Wildman–Crippen MR) is 90.6 cm³/mol. The van der Waals surface area contributed by atoms with Crippen LogP contribution >= 0.6 is 0 Å². The van der Waals surface area contributed by atoms with Crippen molar-refractivity contribution in [2.75, 3.05) is 6.61 Å². The van der Waals surface area contributed by atoms with Gasteiger partial charge in [-0.25, -0.2) is 4.79 Å². The molecule has 2 rings (SSSR count). The van der Waals surface area contributed by atoms with Crippen LogP contribution in [0.1, 0.15) is 11.1 Å². The van der Waals surface area contributed by atoms with E-state index in [1.165, 1.54) is 6.08 Å². The van der Waals surface area contributed by atoms with Gasteiger partial charge in [0.05, 0.1) is 0 Å². The molecule has 0 spiro atoms. The van der Waals surface area contributed by atoms with E-state index in [-0.39, 0.29) is 19.0 Å². The van der Waals surface area contributed by atoms with Gasteiger partial charge in [-0.15, -0.1) is 0 Å². The first-order valence-corrected chi connectivity index (χ1v) is 6.95. The molecule has 0 aliphatic heterocycles. The Morgan fingerprint density at radius 3 is 1.91 bits per heavy atom. The molecule has 0 aromatic heterocycles. The average molecular weight is 310 g/mol. The largest absolute Gasteiger partial charge is 0.483 e. The highest BCUT2D eigenvalue weighted by Crippen LogP contribution is 2.02. The molecule has 0 radical (unpaired) electrons. The van der Waals surface area contributed by atoms with Crippen molar-refractivity contribution in [3.63, 3.8) is 0 Å². The van der Waals surface area contributed by atoms with Gasteiger partial charge in [-0.1, -0.05) is 66.7 Å². The van der Waals surface area contributed by atoms with E-state index in [0.29, 0.717) is 0 Å². The number of ether oxygens (including phenoxy) is 1. The minimum atomic E-state index is -0.341. The first-order valence-electron chi connectivity index (χ1n) is 6.95. The third-order valence-corrected chi connectivity index (χ3v) is 2.64. The van der Waals surface area contributed by atoms with Crippen LogP contribution in [0.5, 0.6) is 0 Å². The summed E-state index contributed by atoms with van der Waals surface area (Å²) >= 11 is 0. The fraction of sp³-hybridized carbons (Fsp3) is 0.0526. The van der Waals surface area contributed by atoms with Gasteiger partial charge in [0.1, 0.15) is 6.61 Å². The lowest BCUT2D eigenvalue weighted by Crippen LogP contribution is -1.99. The van der Waals surface area contributed by atoms with Crippen molar-refractivity contribution >= 4 is 24.6 Å². The number of carbonyl (C=O) groups is 2. The molecule has 0 saturated carbocycles. The number of carbonyl (C=O) groups excluding carboxylic acids is 1. The van der Waals surface area contributed by atoms with Gasteiger partial charge in [-0.3, -0.25) is 4.79 Å². The standard InChI is InChI=1S/C18H16O2.CH2O2/c19-18(14-13-17-10-5-2-6-11-17)20-15-7-12-16-8-3-1-4-9-16;2-1-3/h1-14H,15H2;1H,(H,2,3). The molecule has 23 heavy (non-hydrogen) atoms. The fourth-order valence-electron chi connectivity index (χ4n) is 1.66. The van der Waals surface area contributed by atoms with E-state index in [9.17, 15) is 4.79 Å². The molecule has 4 nitrogen and oxygen atoms in total. The maximum Gasteiger partial charge on any atom is 0.331 e. The van der Waals surface area contributed by atoms with Gasteiger partial charge >= 0.3 is 5.97 Å². The molecule has 0 unspecified atom stereocenters. The van der Waals surface area contributed by atoms with Crippen LogP contribution in [0.15, 0.2) is 72.8 Å². The van der Waals surface area contributed by atoms with Crippen LogP contribution in [0.4, 0.5) is 0 Å². The second kappa shape index (κ2) is 11.5. The van der Waals surface area contributed by atoms with Crippen molar-refractivity contribution < 1.29 is 19.4 Å². The topological polar surface area (TPSA) is 63.6 Å². The van der Waals surface area contributed by atoms with Gasteiger partial charge in [0.25, 0.3) is 6.47 Å². The maximum absolute atomic E-state index is 11.5. The van der Waals surface area contributed by atoms with Crippen LogP contribution in [0.2, 0.25) is 0 Å². The number of rotatable bonds is 5. The van der Waals surface area contributed by atoms with Crippen molar-refractivity contribution in [2.24, 2.45) is 0 Å². The molecule has 2 aromatic carbocycles. The Bertz CT molecular complexity index is 631. The summed E-state index contributed by atoms with van der Waals surface area (Å²) < 4.78 is 5.07. The second-order valence-electron chi connectivity index (χ2n) is 4.29. The van der Waals surface area contributed by atoms with Crippen LogP contribution in [0, 0.1) is 0 Å². The number of hydrogen-bond donors (Lipinski definition) is 1. The Balaban J connectivity index is 0.000000816. The lowest BCUT2D eigenvalue weighted by atomic mass is 10.2. The van der Waals surface area contributed by atoms with E-state index in [1.807, 2.05) is 72.8 Å². The van der Waals surface area contributed by atoms with Crippen molar-refractivity contribution in [2.45, 2.75) is 0 Å². The summed E-state index contributed by atoms with van der Waals surface area (Å²) in [6.45, 7) is 0.0207. The number of esters is 1. The van der Waals surface area contributed by atoms with E-state index in [1.54, 1.807) is 6.08 Å². The molecule has 1 N–H and O–H groups in total. The molecule has 0 heterocycles. The van der Waals surface area contributed by atoms with Crippen LogP contribution in [0.3, 0.4) is 0 Å². The number of hydrogen-bond acceptors (Lipinski definition) is 3. The van der Waals surface area contributed by atoms with Crippen molar-refractivity contribution in [3.05, 3.63) is 83.9 Å². The Labute approximate surface area is 135 Å². The lowest BCUT2D eigenvalue weighted by molar-refractivity contribution is -0.136. The van der Waals surface area contributed by atoms with Gasteiger partial charge < -0.3 is 9.84 Å². The van der Waals surface area contributed by atoms with Crippen LogP contribution in [-0.2, 0) is 14.3 Å². The highest BCUT2D eigenvalue weighted by Gasteiger charge is 1.94. The molecule has 0 aliphatic carbocycles. The number of carboxylic acid groups (broad SMARTS) is 1. The molecule has 0 saturated heterocycles. The quantitative estimate of drug-likeness (QED) is 0.520. The zero-order chi connectivity index (χ0) is 16.8. The van der Waals surface area contributed by atoms with E-state index < -0.39 is 0 Å². The summed E-state index contributed by atoms with van der Waals surface area (Å²) in [5, 5.41) is 6.89. The van der Waals surface area contributed by atoms with Crippen molar-refractivity contribution in [1.29, 1.82) is 0 Å². The zero-order valence-electron chi connectivity index (χ0n) is 12.5. The summed E-state index contributed by atoms with van der Waals surface area (Å²) in [5.41, 5.74) is 2.06. The van der Waals surface area contributed by atoms with E-state index >= 15 is 0 Å². The Morgan fingerprint density at radius 2 is 1.39 bits per heavy atom. The molecular weight excluding hydrogens is 292 g/mol.